The van der Waals surface area contributed by atoms with E-state index in [4.69, 9.17) is 10.5 Å². The SMILES string of the molecule is Cc1cccc(N)c1C(=O)OCCCn1ccnc1. The first kappa shape index (κ1) is 13.1. The molecule has 0 bridgehead atoms. The number of hydrogen-bond acceptors (Lipinski definition) is 4. The summed E-state index contributed by atoms with van der Waals surface area (Å²) in [5.41, 5.74) is 7.54. The Morgan fingerprint density at radius 2 is 2.32 bits per heavy atom. The van der Waals surface area contributed by atoms with Crippen LogP contribution in [-0.4, -0.2) is 22.1 Å². The zero-order valence-electron chi connectivity index (χ0n) is 10.9. The van der Waals surface area contributed by atoms with Gasteiger partial charge in [-0.2, -0.15) is 0 Å². The lowest BCUT2D eigenvalue weighted by Crippen LogP contribution is -2.12. The van der Waals surface area contributed by atoms with Crippen molar-refractivity contribution in [2.24, 2.45) is 0 Å². The standard InChI is InChI=1S/C14H17N3O2/c1-11-4-2-5-12(15)13(11)14(18)19-9-3-7-17-8-6-16-10-17/h2,4-6,8,10H,3,7,9,15H2,1H3. The van der Waals surface area contributed by atoms with E-state index in [0.29, 0.717) is 17.9 Å². The van der Waals surface area contributed by atoms with Crippen LogP contribution in [0.4, 0.5) is 5.69 Å². The average Bonchev–Trinajstić information content (AvgIpc) is 2.87. The monoisotopic (exact) mass is 259 g/mol. The number of esters is 1. The second kappa shape index (κ2) is 6.04. The Balaban J connectivity index is 1.84. The number of nitrogens with zero attached hydrogens (tertiary/aromatic N) is 2. The number of aryl methyl sites for hydroxylation is 2. The Morgan fingerprint density at radius 1 is 1.47 bits per heavy atom. The molecule has 1 heterocycles. The molecule has 2 N–H and O–H groups in total. The molecule has 5 nitrogen and oxygen atoms in total. The molecule has 100 valence electrons. The molecule has 0 fully saturated rings. The molecular weight excluding hydrogens is 242 g/mol. The van der Waals surface area contributed by atoms with Crippen LogP contribution in [0.2, 0.25) is 0 Å². The van der Waals surface area contributed by atoms with Gasteiger partial charge in [0, 0.05) is 24.6 Å². The highest BCUT2D eigenvalue weighted by atomic mass is 16.5. The third-order valence-corrected chi connectivity index (χ3v) is 2.86. The summed E-state index contributed by atoms with van der Waals surface area (Å²) in [7, 11) is 0. The second-order valence-electron chi connectivity index (χ2n) is 4.33. The average molecular weight is 259 g/mol. The highest BCUT2D eigenvalue weighted by Gasteiger charge is 2.13. The van der Waals surface area contributed by atoms with E-state index in [9.17, 15) is 4.79 Å². The number of ether oxygens (including phenoxy) is 1. The van der Waals surface area contributed by atoms with E-state index in [-0.39, 0.29) is 5.97 Å². The summed E-state index contributed by atoms with van der Waals surface area (Å²) < 4.78 is 7.18. The maximum Gasteiger partial charge on any atom is 0.340 e. The van der Waals surface area contributed by atoms with Gasteiger partial charge in [0.25, 0.3) is 0 Å². The predicted octanol–water partition coefficient (Wildman–Crippen LogP) is 2.02. The van der Waals surface area contributed by atoms with E-state index in [2.05, 4.69) is 4.98 Å². The fraction of sp³-hybridized carbons (Fsp3) is 0.286. The number of nitrogen functional groups attached to an aromatic ring is 1. The highest BCUT2D eigenvalue weighted by molar-refractivity contribution is 5.96. The van der Waals surface area contributed by atoms with E-state index >= 15 is 0 Å². The molecule has 1 aromatic heterocycles. The van der Waals surface area contributed by atoms with Crippen LogP contribution in [-0.2, 0) is 11.3 Å². The van der Waals surface area contributed by atoms with Crippen LogP contribution in [0.25, 0.3) is 0 Å². The number of imidazole rings is 1. The lowest BCUT2D eigenvalue weighted by molar-refractivity contribution is 0.0496. The van der Waals surface area contributed by atoms with Crippen molar-refractivity contribution in [3.8, 4) is 0 Å². The van der Waals surface area contributed by atoms with Crippen LogP contribution >= 0.6 is 0 Å². The van der Waals surface area contributed by atoms with Gasteiger partial charge in [-0.15, -0.1) is 0 Å². The highest BCUT2D eigenvalue weighted by Crippen LogP contribution is 2.17. The minimum atomic E-state index is -0.360. The smallest absolute Gasteiger partial charge is 0.340 e. The van der Waals surface area contributed by atoms with Gasteiger partial charge in [-0.25, -0.2) is 9.78 Å². The molecule has 0 spiro atoms. The molecule has 0 amide bonds. The summed E-state index contributed by atoms with van der Waals surface area (Å²) in [4.78, 5) is 15.9. The first-order chi connectivity index (χ1) is 9.18. The Morgan fingerprint density at radius 3 is 3.00 bits per heavy atom. The Kier molecular flexibility index (Phi) is 4.18. The summed E-state index contributed by atoms with van der Waals surface area (Å²) >= 11 is 0. The van der Waals surface area contributed by atoms with E-state index < -0.39 is 0 Å². The number of hydrogen-bond donors (Lipinski definition) is 1. The number of carbonyl (C=O) groups excluding carboxylic acids is 1. The number of carbonyl (C=O) groups is 1. The van der Waals surface area contributed by atoms with Crippen molar-refractivity contribution >= 4 is 11.7 Å². The number of benzene rings is 1. The van der Waals surface area contributed by atoms with Gasteiger partial charge in [0.15, 0.2) is 0 Å². The van der Waals surface area contributed by atoms with Crippen molar-refractivity contribution in [1.29, 1.82) is 0 Å². The second-order valence-corrected chi connectivity index (χ2v) is 4.33. The summed E-state index contributed by atoms with van der Waals surface area (Å²) in [6.45, 7) is 2.99. The van der Waals surface area contributed by atoms with Crippen LogP contribution < -0.4 is 5.73 Å². The molecule has 0 aliphatic rings. The van der Waals surface area contributed by atoms with Gasteiger partial charge in [0.05, 0.1) is 18.5 Å². The van der Waals surface area contributed by atoms with E-state index in [1.165, 1.54) is 0 Å². The molecule has 2 aromatic rings. The van der Waals surface area contributed by atoms with Gasteiger partial charge in [0.2, 0.25) is 0 Å². The van der Waals surface area contributed by atoms with Crippen LogP contribution in [0.3, 0.4) is 0 Å². The zero-order chi connectivity index (χ0) is 13.7. The molecule has 0 aliphatic carbocycles. The van der Waals surface area contributed by atoms with Gasteiger partial charge in [-0.05, 0) is 25.0 Å². The Bertz CT molecular complexity index is 530. The van der Waals surface area contributed by atoms with Gasteiger partial charge < -0.3 is 15.0 Å². The molecule has 0 atom stereocenters. The third-order valence-electron chi connectivity index (χ3n) is 2.86. The molecule has 0 unspecified atom stereocenters. The van der Waals surface area contributed by atoms with Gasteiger partial charge in [-0.3, -0.25) is 0 Å². The number of anilines is 1. The number of rotatable bonds is 5. The molecule has 0 aliphatic heterocycles. The summed E-state index contributed by atoms with van der Waals surface area (Å²) in [6, 6.07) is 5.37. The fourth-order valence-electron chi connectivity index (χ4n) is 1.87. The van der Waals surface area contributed by atoms with Crippen molar-refractivity contribution < 1.29 is 9.53 Å². The minimum absolute atomic E-state index is 0.360. The Labute approximate surface area is 112 Å². The lowest BCUT2D eigenvalue weighted by atomic mass is 10.1. The van der Waals surface area contributed by atoms with Crippen LogP contribution in [0.1, 0.15) is 22.3 Å². The fourth-order valence-corrected chi connectivity index (χ4v) is 1.87. The maximum absolute atomic E-state index is 11.9. The minimum Gasteiger partial charge on any atom is -0.462 e. The number of aromatic nitrogens is 2. The van der Waals surface area contributed by atoms with Crippen molar-refractivity contribution in [1.82, 2.24) is 9.55 Å². The van der Waals surface area contributed by atoms with Crippen LogP contribution in [0.5, 0.6) is 0 Å². The summed E-state index contributed by atoms with van der Waals surface area (Å²) in [6.07, 6.45) is 6.08. The predicted molar refractivity (Wildman–Crippen MR) is 72.7 cm³/mol. The van der Waals surface area contributed by atoms with Crippen molar-refractivity contribution in [3.63, 3.8) is 0 Å². The summed E-state index contributed by atoms with van der Waals surface area (Å²) in [5, 5.41) is 0. The zero-order valence-corrected chi connectivity index (χ0v) is 10.9. The largest absolute Gasteiger partial charge is 0.462 e. The first-order valence-corrected chi connectivity index (χ1v) is 6.16. The normalized spacial score (nSPS) is 10.4. The van der Waals surface area contributed by atoms with Crippen LogP contribution in [0.15, 0.2) is 36.9 Å². The lowest BCUT2D eigenvalue weighted by Gasteiger charge is -2.09. The third kappa shape index (κ3) is 3.34. The van der Waals surface area contributed by atoms with Crippen molar-refractivity contribution in [2.45, 2.75) is 19.9 Å². The molecule has 2 rings (SSSR count). The molecular formula is C14H17N3O2. The maximum atomic E-state index is 11.9. The van der Waals surface area contributed by atoms with Gasteiger partial charge >= 0.3 is 5.97 Å². The van der Waals surface area contributed by atoms with Gasteiger partial charge in [-0.1, -0.05) is 12.1 Å². The topological polar surface area (TPSA) is 70.1 Å². The number of nitrogens with two attached hydrogens (primary N) is 1. The molecule has 5 heteroatoms. The first-order valence-electron chi connectivity index (χ1n) is 6.16. The quantitative estimate of drug-likeness (QED) is 0.506. The van der Waals surface area contributed by atoms with Crippen LogP contribution in [0, 0.1) is 6.92 Å². The molecule has 0 radical (unpaired) electrons. The van der Waals surface area contributed by atoms with E-state index in [1.54, 1.807) is 18.6 Å². The molecule has 0 saturated carbocycles. The van der Waals surface area contributed by atoms with Crippen molar-refractivity contribution in [3.05, 3.63) is 48.0 Å². The van der Waals surface area contributed by atoms with Crippen molar-refractivity contribution in [2.75, 3.05) is 12.3 Å². The summed E-state index contributed by atoms with van der Waals surface area (Å²) in [5.74, 6) is -0.360. The molecule has 19 heavy (non-hydrogen) atoms. The molecule has 1 aromatic carbocycles. The van der Waals surface area contributed by atoms with E-state index in [1.807, 2.05) is 29.8 Å². The van der Waals surface area contributed by atoms with Gasteiger partial charge in [0.1, 0.15) is 0 Å². The Hall–Kier alpha value is -2.30. The van der Waals surface area contributed by atoms with E-state index in [0.717, 1.165) is 18.5 Å². The molecule has 0 saturated heterocycles.